The molecule has 0 saturated carbocycles. The molecule has 2 aromatic rings. The molecular weight excluding hydrogens is 290 g/mol. The minimum atomic E-state index is -0.479. The van der Waals surface area contributed by atoms with Crippen molar-refractivity contribution in [3.63, 3.8) is 0 Å². The lowest BCUT2D eigenvalue weighted by molar-refractivity contribution is -0.380. The van der Waals surface area contributed by atoms with Crippen LogP contribution in [-0.2, 0) is 0 Å². The minimum absolute atomic E-state index is 0.0234. The fourth-order valence-electron chi connectivity index (χ4n) is 1.15. The Labute approximate surface area is 115 Å². The van der Waals surface area contributed by atoms with Gasteiger partial charge in [0.15, 0.2) is 0 Å². The largest absolute Gasteiger partial charge is 0.324 e. The third-order valence-corrected chi connectivity index (χ3v) is 3.81. The number of aryl methyl sites for hydroxylation is 1. The number of nitro groups is 1. The number of aromatic nitrogens is 2. The van der Waals surface area contributed by atoms with Gasteiger partial charge < -0.3 is 0 Å². The van der Waals surface area contributed by atoms with Gasteiger partial charge in [-0.25, -0.2) is 5.43 Å². The van der Waals surface area contributed by atoms with Crippen molar-refractivity contribution >= 4 is 40.0 Å². The second-order valence-electron chi connectivity index (χ2n) is 3.32. The molecule has 2 aromatic heterocycles. The van der Waals surface area contributed by atoms with E-state index in [4.69, 9.17) is 0 Å². The number of hydrazone groups is 1. The molecule has 10 heteroatoms. The van der Waals surface area contributed by atoms with E-state index in [9.17, 15) is 14.9 Å². The van der Waals surface area contributed by atoms with Crippen LogP contribution in [0.25, 0.3) is 0 Å². The minimum Gasteiger partial charge on any atom is -0.266 e. The van der Waals surface area contributed by atoms with E-state index in [2.05, 4.69) is 20.1 Å². The molecule has 19 heavy (non-hydrogen) atoms. The normalized spacial score (nSPS) is 10.8. The molecular formula is C9H7N5O3S2. The first-order valence-corrected chi connectivity index (χ1v) is 6.53. The highest BCUT2D eigenvalue weighted by atomic mass is 32.1. The maximum Gasteiger partial charge on any atom is 0.324 e. The molecule has 1 N–H and O–H groups in total. The molecule has 0 spiro atoms. The Morgan fingerprint density at radius 2 is 2.37 bits per heavy atom. The molecule has 0 bridgehead atoms. The van der Waals surface area contributed by atoms with E-state index in [-0.39, 0.29) is 5.00 Å². The molecule has 0 radical (unpaired) electrons. The second-order valence-corrected chi connectivity index (χ2v) is 5.17. The molecule has 0 unspecified atom stereocenters. The summed E-state index contributed by atoms with van der Waals surface area (Å²) in [6.45, 7) is 1.67. The summed E-state index contributed by atoms with van der Waals surface area (Å²) < 4.78 is 3.64. The van der Waals surface area contributed by atoms with Gasteiger partial charge in [0.25, 0.3) is 5.91 Å². The standard InChI is InChI=1S/C9H7N5O3S2/c1-5-8(19-13-11-5)9(15)12-10-4-6-2-3-7(18-6)14(16)17/h2-4H,1H3,(H,12,15)/b10-4-. The van der Waals surface area contributed by atoms with E-state index in [1.807, 2.05) is 0 Å². The molecule has 98 valence electrons. The van der Waals surface area contributed by atoms with Crippen molar-refractivity contribution < 1.29 is 9.72 Å². The summed E-state index contributed by atoms with van der Waals surface area (Å²) in [4.78, 5) is 22.6. The summed E-state index contributed by atoms with van der Waals surface area (Å²) in [7, 11) is 0. The molecule has 0 aliphatic rings. The van der Waals surface area contributed by atoms with Gasteiger partial charge >= 0.3 is 5.00 Å². The fourth-order valence-corrected chi connectivity index (χ4v) is 2.39. The van der Waals surface area contributed by atoms with Gasteiger partial charge in [-0.1, -0.05) is 15.8 Å². The van der Waals surface area contributed by atoms with Gasteiger partial charge in [0.05, 0.1) is 21.7 Å². The number of nitrogens with one attached hydrogen (secondary N) is 1. The number of rotatable bonds is 4. The molecule has 0 aliphatic carbocycles. The zero-order valence-corrected chi connectivity index (χ0v) is 11.2. The van der Waals surface area contributed by atoms with Gasteiger partial charge in [-0.3, -0.25) is 14.9 Å². The Morgan fingerprint density at radius 3 is 2.95 bits per heavy atom. The van der Waals surface area contributed by atoms with Gasteiger partial charge in [-0.05, 0) is 24.5 Å². The number of hydrogen-bond donors (Lipinski definition) is 1. The van der Waals surface area contributed by atoms with Gasteiger partial charge in [0.2, 0.25) is 0 Å². The lowest BCUT2D eigenvalue weighted by atomic mass is 10.4. The Bertz CT molecular complexity index is 648. The van der Waals surface area contributed by atoms with Crippen LogP contribution in [0.15, 0.2) is 17.2 Å². The molecule has 0 atom stereocenters. The van der Waals surface area contributed by atoms with Crippen molar-refractivity contribution in [1.29, 1.82) is 0 Å². The number of amides is 1. The van der Waals surface area contributed by atoms with E-state index < -0.39 is 10.8 Å². The van der Waals surface area contributed by atoms with Gasteiger partial charge in [0.1, 0.15) is 4.88 Å². The van der Waals surface area contributed by atoms with E-state index in [0.29, 0.717) is 15.4 Å². The highest BCUT2D eigenvalue weighted by Gasteiger charge is 2.12. The molecule has 0 aromatic carbocycles. The summed E-state index contributed by atoms with van der Waals surface area (Å²) in [5.74, 6) is -0.408. The van der Waals surface area contributed by atoms with Gasteiger partial charge in [0, 0.05) is 6.07 Å². The van der Waals surface area contributed by atoms with Crippen LogP contribution in [0.1, 0.15) is 20.2 Å². The number of nitrogens with zero attached hydrogens (tertiary/aromatic N) is 4. The number of hydrogen-bond acceptors (Lipinski definition) is 8. The SMILES string of the molecule is Cc1nnsc1C(=O)N/N=C\c1ccc([N+](=O)[O-])s1. The van der Waals surface area contributed by atoms with Crippen LogP contribution in [-0.4, -0.2) is 26.6 Å². The molecule has 0 fully saturated rings. The maximum atomic E-state index is 11.6. The fraction of sp³-hybridized carbons (Fsp3) is 0.111. The summed E-state index contributed by atoms with van der Waals surface area (Å²) >= 11 is 1.95. The number of carbonyl (C=O) groups is 1. The van der Waals surface area contributed by atoms with Crippen molar-refractivity contribution in [3.8, 4) is 0 Å². The molecule has 2 rings (SSSR count). The van der Waals surface area contributed by atoms with E-state index in [1.54, 1.807) is 13.0 Å². The second kappa shape index (κ2) is 5.63. The van der Waals surface area contributed by atoms with Crippen LogP contribution < -0.4 is 5.43 Å². The van der Waals surface area contributed by atoms with E-state index in [0.717, 1.165) is 22.9 Å². The highest BCUT2D eigenvalue weighted by Crippen LogP contribution is 2.22. The first kappa shape index (κ1) is 13.2. The first-order chi connectivity index (χ1) is 9.08. The lowest BCUT2D eigenvalue weighted by Gasteiger charge is -1.94. The average Bonchev–Trinajstić information content (AvgIpc) is 2.97. The van der Waals surface area contributed by atoms with Crippen molar-refractivity contribution in [2.45, 2.75) is 6.92 Å². The van der Waals surface area contributed by atoms with Crippen molar-refractivity contribution in [3.05, 3.63) is 37.7 Å². The van der Waals surface area contributed by atoms with E-state index >= 15 is 0 Å². The lowest BCUT2D eigenvalue weighted by Crippen LogP contribution is -2.17. The Morgan fingerprint density at radius 1 is 1.58 bits per heavy atom. The Balaban J connectivity index is 1.98. The quantitative estimate of drug-likeness (QED) is 0.523. The monoisotopic (exact) mass is 297 g/mol. The van der Waals surface area contributed by atoms with E-state index in [1.165, 1.54) is 12.3 Å². The van der Waals surface area contributed by atoms with Crippen LogP contribution in [0.5, 0.6) is 0 Å². The average molecular weight is 297 g/mol. The maximum absolute atomic E-state index is 11.6. The van der Waals surface area contributed by atoms with Crippen LogP contribution in [0.3, 0.4) is 0 Å². The zero-order valence-electron chi connectivity index (χ0n) is 9.56. The summed E-state index contributed by atoms with van der Waals surface area (Å²) in [5, 5.41) is 17.9. The number of carbonyl (C=O) groups excluding carboxylic acids is 1. The number of thiophene rings is 1. The van der Waals surface area contributed by atoms with Gasteiger partial charge in [-0.15, -0.1) is 5.10 Å². The van der Waals surface area contributed by atoms with Crippen LogP contribution in [0.2, 0.25) is 0 Å². The molecule has 1 amide bonds. The van der Waals surface area contributed by atoms with Gasteiger partial charge in [-0.2, -0.15) is 5.10 Å². The van der Waals surface area contributed by atoms with Crippen molar-refractivity contribution in [1.82, 2.24) is 15.0 Å². The van der Waals surface area contributed by atoms with Crippen molar-refractivity contribution in [2.24, 2.45) is 5.10 Å². The summed E-state index contributed by atoms with van der Waals surface area (Å²) in [5.41, 5.74) is 2.84. The van der Waals surface area contributed by atoms with Crippen LogP contribution >= 0.6 is 22.9 Å². The molecule has 2 heterocycles. The predicted molar refractivity (Wildman–Crippen MR) is 70.7 cm³/mol. The topological polar surface area (TPSA) is 110 Å². The summed E-state index contributed by atoms with van der Waals surface area (Å²) in [6, 6.07) is 2.93. The predicted octanol–water partition coefficient (Wildman–Crippen LogP) is 1.58. The smallest absolute Gasteiger partial charge is 0.266 e. The molecule has 0 aliphatic heterocycles. The van der Waals surface area contributed by atoms with Crippen molar-refractivity contribution in [2.75, 3.05) is 0 Å². The molecule has 8 nitrogen and oxygen atoms in total. The highest BCUT2D eigenvalue weighted by molar-refractivity contribution is 7.16. The molecule has 0 saturated heterocycles. The van der Waals surface area contributed by atoms with Crippen LogP contribution in [0, 0.1) is 17.0 Å². The van der Waals surface area contributed by atoms with Crippen LogP contribution in [0.4, 0.5) is 5.00 Å². The third-order valence-electron chi connectivity index (χ3n) is 2.01. The zero-order chi connectivity index (χ0) is 13.8. The third kappa shape index (κ3) is 3.17. The first-order valence-electron chi connectivity index (χ1n) is 4.94. The Kier molecular flexibility index (Phi) is 3.92. The Hall–Kier alpha value is -2.20. The summed E-state index contributed by atoms with van der Waals surface area (Å²) in [6.07, 6.45) is 1.35.